The molecule has 2 rings (SSSR count). The van der Waals surface area contributed by atoms with E-state index in [1.807, 2.05) is 5.32 Å². The van der Waals surface area contributed by atoms with E-state index in [0.29, 0.717) is 5.06 Å². The zero-order valence-corrected chi connectivity index (χ0v) is 26.9. The minimum atomic E-state index is -3.42. The zero-order valence-electron chi connectivity index (χ0n) is 26.1. The number of alkyl halides is 2. The van der Waals surface area contributed by atoms with Crippen LogP contribution in [0.5, 0.6) is 0 Å². The van der Waals surface area contributed by atoms with Crippen molar-refractivity contribution in [2.45, 2.75) is 65.1 Å². The maximum Gasteiger partial charge on any atom is 0.442 e. The zero-order chi connectivity index (χ0) is 34.9. The third-order valence-corrected chi connectivity index (χ3v) is 5.71. The number of nitrogens with zero attached hydrogens (tertiary/aromatic N) is 2. The Bertz CT molecular complexity index is 1490. The lowest BCUT2D eigenvalue weighted by Gasteiger charge is -2.27. The minimum Gasteiger partial charge on any atom is -0.444 e. The van der Waals surface area contributed by atoms with Crippen LogP contribution in [0.15, 0.2) is 36.4 Å². The summed E-state index contributed by atoms with van der Waals surface area (Å²) in [5.74, 6) is -6.09. The van der Waals surface area contributed by atoms with Gasteiger partial charge in [-0.2, -0.15) is 14.0 Å². The first-order valence-electron chi connectivity index (χ1n) is 13.8. The first-order chi connectivity index (χ1) is 21.2. The van der Waals surface area contributed by atoms with Crippen LogP contribution in [-0.2, 0) is 31.4 Å². The molecule has 0 spiro atoms. The third-order valence-electron chi connectivity index (χ3n) is 5.48. The highest BCUT2D eigenvalue weighted by Crippen LogP contribution is 2.31. The topological polar surface area (TPSA) is 166 Å². The fourth-order valence-electron chi connectivity index (χ4n) is 3.57. The van der Waals surface area contributed by atoms with E-state index in [9.17, 15) is 28.4 Å². The van der Waals surface area contributed by atoms with Crippen LogP contribution in [0.4, 0.5) is 28.4 Å². The Hall–Kier alpha value is -4.55. The monoisotopic (exact) mass is 668 g/mol. The van der Waals surface area contributed by atoms with Crippen molar-refractivity contribution in [2.75, 3.05) is 25.0 Å². The van der Waals surface area contributed by atoms with Gasteiger partial charge in [0.25, 0.3) is 5.92 Å². The van der Waals surface area contributed by atoms with E-state index in [2.05, 4.69) is 10.6 Å². The van der Waals surface area contributed by atoms with Gasteiger partial charge in [0.05, 0.1) is 36.9 Å². The van der Waals surface area contributed by atoms with E-state index in [1.165, 1.54) is 24.3 Å². The predicted octanol–water partition coefficient (Wildman–Crippen LogP) is 5.84. The molecule has 3 amide bonds. The molecule has 0 saturated heterocycles. The normalized spacial score (nSPS) is 11.6. The molecule has 2 aromatic carbocycles. The highest BCUT2D eigenvalue weighted by molar-refractivity contribution is 6.30. The molecule has 0 aliphatic heterocycles. The number of benzene rings is 2. The molecule has 0 heterocycles. The van der Waals surface area contributed by atoms with Crippen LogP contribution in [0, 0.1) is 22.6 Å². The number of amides is 3. The smallest absolute Gasteiger partial charge is 0.442 e. The molecular weight excluding hydrogens is 633 g/mol. The maximum atomic E-state index is 15.3. The Kier molecular flexibility index (Phi) is 12.8. The Morgan fingerprint density at radius 2 is 1.70 bits per heavy atom. The van der Waals surface area contributed by atoms with Gasteiger partial charge in [0, 0.05) is 22.7 Å². The van der Waals surface area contributed by atoms with Crippen LogP contribution in [0.25, 0.3) is 0 Å². The van der Waals surface area contributed by atoms with E-state index >= 15 is 4.39 Å². The molecule has 0 bridgehead atoms. The van der Waals surface area contributed by atoms with Crippen molar-refractivity contribution < 1.29 is 41.9 Å². The fraction of sp³-hybridized carbons (Fsp3) is 0.433. The van der Waals surface area contributed by atoms with E-state index in [-0.39, 0.29) is 33.9 Å². The van der Waals surface area contributed by atoms with Crippen molar-refractivity contribution in [1.29, 1.82) is 10.7 Å². The number of guanidine groups is 1. The summed E-state index contributed by atoms with van der Waals surface area (Å²) in [5, 5.41) is 24.8. The molecule has 4 N–H and O–H groups in total. The first-order valence-corrected chi connectivity index (χ1v) is 14.2. The number of alkyl carbamates (subject to hydrolysis) is 1. The number of nitrogens with one attached hydrogen (secondary N) is 4. The van der Waals surface area contributed by atoms with Gasteiger partial charge in [0.1, 0.15) is 11.2 Å². The molecule has 0 aromatic heterocycles. The van der Waals surface area contributed by atoms with Crippen LogP contribution in [-0.4, -0.2) is 60.0 Å². The Morgan fingerprint density at radius 3 is 2.28 bits per heavy atom. The quantitative estimate of drug-likeness (QED) is 0.106. The van der Waals surface area contributed by atoms with Crippen molar-refractivity contribution in [3.05, 3.63) is 63.9 Å². The van der Waals surface area contributed by atoms with Gasteiger partial charge in [-0.15, -0.1) is 5.06 Å². The lowest BCUT2D eigenvalue weighted by Crippen LogP contribution is -2.50. The molecule has 0 aliphatic carbocycles. The predicted molar refractivity (Wildman–Crippen MR) is 163 cm³/mol. The van der Waals surface area contributed by atoms with Crippen molar-refractivity contribution in [3.8, 4) is 6.07 Å². The van der Waals surface area contributed by atoms with Crippen molar-refractivity contribution in [2.24, 2.45) is 0 Å². The number of carbonyl (C=O) groups is 3. The second kappa shape index (κ2) is 15.6. The SMILES string of the molecule is CC(C)(C)OC(=O)NC(=N)N(OCCNC(=O)Cc1c(C#N)ccc(NCC(F)(F)c2cccc(Cl)c2)c1F)C(=O)OC(C)(C)C. The fourth-order valence-corrected chi connectivity index (χ4v) is 3.76. The molecule has 0 unspecified atom stereocenters. The van der Waals surface area contributed by atoms with Gasteiger partial charge in [-0.05, 0) is 65.8 Å². The number of hydroxylamine groups is 2. The van der Waals surface area contributed by atoms with Crippen molar-refractivity contribution in [3.63, 3.8) is 0 Å². The minimum absolute atomic E-state index is 0.105. The van der Waals surface area contributed by atoms with Crippen LogP contribution < -0.4 is 16.0 Å². The summed E-state index contributed by atoms with van der Waals surface area (Å²) in [4.78, 5) is 42.6. The average molecular weight is 669 g/mol. The van der Waals surface area contributed by atoms with Gasteiger partial charge >= 0.3 is 12.2 Å². The van der Waals surface area contributed by atoms with E-state index < -0.39 is 66.6 Å². The standard InChI is InChI=1S/C30H36ClF3N6O6/c1-28(2,3)45-26(42)39-25(36)40(27(43)46-29(4,5)6)44-13-12-37-23(41)15-21-18(16-35)10-11-22(24(21)32)38-17-30(33,34)19-8-7-9-20(31)14-19/h7-11,14,38H,12-13,15,17H2,1-6H3,(H,37,41)(H2,36,39,42). The second-order valence-corrected chi connectivity index (χ2v) is 12.2. The first kappa shape index (κ1) is 37.6. The Morgan fingerprint density at radius 1 is 1.04 bits per heavy atom. The van der Waals surface area contributed by atoms with Crippen molar-refractivity contribution in [1.82, 2.24) is 15.7 Å². The van der Waals surface area contributed by atoms with Crippen LogP contribution in [0.3, 0.4) is 0 Å². The van der Waals surface area contributed by atoms with Gasteiger partial charge < -0.3 is 20.1 Å². The maximum absolute atomic E-state index is 15.3. The average Bonchev–Trinajstić information content (AvgIpc) is 2.91. The number of hydrogen-bond acceptors (Lipinski definition) is 9. The number of rotatable bonds is 10. The van der Waals surface area contributed by atoms with Gasteiger partial charge in [0.2, 0.25) is 11.9 Å². The second-order valence-electron chi connectivity index (χ2n) is 11.7. The number of hydrogen-bond donors (Lipinski definition) is 4. The van der Waals surface area contributed by atoms with Crippen LogP contribution in [0.1, 0.15) is 58.2 Å². The van der Waals surface area contributed by atoms with Gasteiger partial charge in [-0.25, -0.2) is 14.0 Å². The largest absolute Gasteiger partial charge is 0.444 e. The summed E-state index contributed by atoms with van der Waals surface area (Å²) in [5.41, 5.74) is -3.14. The van der Waals surface area contributed by atoms with Crippen LogP contribution in [0.2, 0.25) is 5.02 Å². The number of halogens is 4. The number of anilines is 1. The summed E-state index contributed by atoms with van der Waals surface area (Å²) < 4.78 is 55.0. The molecule has 250 valence electrons. The lowest BCUT2D eigenvalue weighted by atomic mass is 10.0. The highest BCUT2D eigenvalue weighted by Gasteiger charge is 2.32. The summed E-state index contributed by atoms with van der Waals surface area (Å²) in [6, 6.07) is 9.13. The number of nitriles is 1. The summed E-state index contributed by atoms with van der Waals surface area (Å²) in [7, 11) is 0. The molecule has 0 atom stereocenters. The van der Waals surface area contributed by atoms with E-state index in [1.54, 1.807) is 47.6 Å². The van der Waals surface area contributed by atoms with E-state index in [0.717, 1.165) is 12.1 Å². The lowest BCUT2D eigenvalue weighted by molar-refractivity contribution is -0.122. The molecule has 0 fully saturated rings. The van der Waals surface area contributed by atoms with E-state index in [4.69, 9.17) is 31.3 Å². The Balaban J connectivity index is 2.06. The van der Waals surface area contributed by atoms with Crippen molar-refractivity contribution >= 4 is 41.3 Å². The van der Waals surface area contributed by atoms with Gasteiger partial charge in [-0.3, -0.25) is 20.4 Å². The number of ether oxygens (including phenoxy) is 2. The summed E-state index contributed by atoms with van der Waals surface area (Å²) in [6.07, 6.45) is -2.82. The molecular formula is C30H36ClF3N6O6. The summed E-state index contributed by atoms with van der Waals surface area (Å²) in [6.45, 7) is 7.81. The molecule has 2 aromatic rings. The summed E-state index contributed by atoms with van der Waals surface area (Å²) >= 11 is 5.80. The van der Waals surface area contributed by atoms with Gasteiger partial charge in [0.15, 0.2) is 5.82 Å². The third kappa shape index (κ3) is 12.1. The Labute approximate surface area is 269 Å². The highest BCUT2D eigenvalue weighted by atomic mass is 35.5. The molecule has 46 heavy (non-hydrogen) atoms. The molecule has 16 heteroatoms. The molecule has 12 nitrogen and oxygen atoms in total. The molecule has 0 aliphatic rings. The molecule has 0 saturated carbocycles. The van der Waals surface area contributed by atoms with Gasteiger partial charge in [-0.1, -0.05) is 23.7 Å². The number of carbonyl (C=O) groups excluding carboxylic acids is 3. The van der Waals surface area contributed by atoms with Crippen LogP contribution >= 0.6 is 11.6 Å². The molecule has 0 radical (unpaired) electrons.